The second-order valence-electron chi connectivity index (χ2n) is 6.32. The van der Waals surface area contributed by atoms with Crippen LogP contribution in [0.15, 0.2) is 0 Å². The first-order valence-electron chi connectivity index (χ1n) is 7.42. The van der Waals surface area contributed by atoms with Crippen molar-refractivity contribution in [2.24, 2.45) is 23.4 Å². The lowest BCUT2D eigenvalue weighted by Gasteiger charge is -2.29. The topological polar surface area (TPSA) is 75.5 Å². The molecule has 0 aliphatic heterocycles. The molecule has 0 aromatic heterocycles. The van der Waals surface area contributed by atoms with E-state index in [2.05, 4.69) is 13.8 Å². The fraction of sp³-hybridized carbons (Fsp3) is 1.00. The summed E-state index contributed by atoms with van der Waals surface area (Å²) >= 11 is 0. The van der Waals surface area contributed by atoms with Gasteiger partial charge in [0.05, 0.1) is 6.10 Å². The predicted molar refractivity (Wildman–Crippen MR) is 75.8 cm³/mol. The predicted octanol–water partition coefficient (Wildman–Crippen LogP) is 1.48. The van der Waals surface area contributed by atoms with Gasteiger partial charge in [-0.3, -0.25) is 5.84 Å². The van der Waals surface area contributed by atoms with Crippen LogP contribution in [0.3, 0.4) is 0 Å². The number of aliphatic hydroxyl groups excluding tert-OH is 1. The van der Waals surface area contributed by atoms with Crippen LogP contribution in [0.5, 0.6) is 0 Å². The molecule has 108 valence electrons. The molecule has 0 bridgehead atoms. The molecular formula is C14H31N3O. The van der Waals surface area contributed by atoms with Crippen molar-refractivity contribution in [2.75, 3.05) is 13.1 Å². The highest BCUT2D eigenvalue weighted by Crippen LogP contribution is 2.27. The first-order chi connectivity index (χ1) is 8.49. The van der Waals surface area contributed by atoms with E-state index in [1.54, 1.807) is 5.01 Å². The molecule has 1 rings (SSSR count). The summed E-state index contributed by atoms with van der Waals surface area (Å²) in [5, 5.41) is 11.8. The van der Waals surface area contributed by atoms with Gasteiger partial charge in [0.25, 0.3) is 0 Å². The Hall–Kier alpha value is -0.160. The zero-order valence-corrected chi connectivity index (χ0v) is 12.0. The van der Waals surface area contributed by atoms with Crippen LogP contribution in [0, 0.1) is 11.8 Å². The first-order valence-corrected chi connectivity index (χ1v) is 7.42. The van der Waals surface area contributed by atoms with E-state index in [9.17, 15) is 5.11 Å². The van der Waals surface area contributed by atoms with Gasteiger partial charge in [0.2, 0.25) is 0 Å². The molecule has 0 aromatic rings. The fourth-order valence-corrected chi connectivity index (χ4v) is 2.88. The Morgan fingerprint density at radius 3 is 2.33 bits per heavy atom. The summed E-state index contributed by atoms with van der Waals surface area (Å²) in [5.41, 5.74) is 6.09. The monoisotopic (exact) mass is 257 g/mol. The summed E-state index contributed by atoms with van der Waals surface area (Å²) in [7, 11) is 0. The van der Waals surface area contributed by atoms with Gasteiger partial charge in [-0.1, -0.05) is 46.0 Å². The van der Waals surface area contributed by atoms with E-state index >= 15 is 0 Å². The van der Waals surface area contributed by atoms with Gasteiger partial charge in [-0.2, -0.15) is 0 Å². The molecule has 1 aliphatic rings. The van der Waals surface area contributed by atoms with Crippen LogP contribution in [0.1, 0.15) is 52.4 Å². The van der Waals surface area contributed by atoms with Crippen molar-refractivity contribution in [3.63, 3.8) is 0 Å². The van der Waals surface area contributed by atoms with E-state index < -0.39 is 6.10 Å². The van der Waals surface area contributed by atoms with Crippen LogP contribution >= 0.6 is 0 Å². The van der Waals surface area contributed by atoms with Crippen molar-refractivity contribution in [1.82, 2.24) is 5.01 Å². The number of nitrogens with two attached hydrogens (primary N) is 2. The maximum Gasteiger partial charge on any atom is 0.0831 e. The molecular weight excluding hydrogens is 226 g/mol. The largest absolute Gasteiger partial charge is 0.390 e. The number of hydrogen-bond acceptors (Lipinski definition) is 4. The van der Waals surface area contributed by atoms with Crippen LogP contribution in [-0.2, 0) is 0 Å². The number of hydrazine groups is 1. The van der Waals surface area contributed by atoms with Crippen LogP contribution in [0.25, 0.3) is 0 Å². The highest BCUT2D eigenvalue weighted by atomic mass is 16.3. The van der Waals surface area contributed by atoms with Crippen molar-refractivity contribution >= 4 is 0 Å². The second kappa shape index (κ2) is 8.10. The number of nitrogens with zero attached hydrogens (tertiary/aromatic N) is 1. The zero-order valence-electron chi connectivity index (χ0n) is 12.0. The molecule has 1 saturated carbocycles. The molecule has 5 N–H and O–H groups in total. The lowest BCUT2D eigenvalue weighted by Crippen LogP contribution is -2.47. The van der Waals surface area contributed by atoms with Gasteiger partial charge in [0, 0.05) is 19.1 Å². The number of aliphatic hydroxyl groups is 1. The SMILES string of the molecule is CC(C)CN(N)C[C@H](O)[C@@H](N)CC1CCCCC1. The molecule has 0 amide bonds. The molecule has 18 heavy (non-hydrogen) atoms. The normalized spacial score (nSPS) is 21.5. The summed E-state index contributed by atoms with van der Waals surface area (Å²) in [4.78, 5) is 0. The lowest BCUT2D eigenvalue weighted by atomic mass is 9.84. The van der Waals surface area contributed by atoms with Crippen molar-refractivity contribution in [3.05, 3.63) is 0 Å². The Morgan fingerprint density at radius 1 is 1.17 bits per heavy atom. The molecule has 0 aromatic carbocycles. The summed E-state index contributed by atoms with van der Waals surface area (Å²) in [5.74, 6) is 7.08. The minimum Gasteiger partial charge on any atom is -0.390 e. The summed E-state index contributed by atoms with van der Waals surface area (Å²) in [6, 6.07) is -0.133. The summed E-state index contributed by atoms with van der Waals surface area (Å²) in [6.07, 6.45) is 7.00. The van der Waals surface area contributed by atoms with Gasteiger partial charge in [-0.05, 0) is 18.3 Å². The quantitative estimate of drug-likeness (QED) is 0.477. The Morgan fingerprint density at radius 2 is 1.78 bits per heavy atom. The average molecular weight is 257 g/mol. The van der Waals surface area contributed by atoms with Crippen molar-refractivity contribution in [2.45, 2.75) is 64.5 Å². The van der Waals surface area contributed by atoms with Gasteiger partial charge in [-0.25, -0.2) is 5.01 Å². The molecule has 0 saturated heterocycles. The smallest absolute Gasteiger partial charge is 0.0831 e. The van der Waals surface area contributed by atoms with Crippen LogP contribution in [0.4, 0.5) is 0 Å². The maximum absolute atomic E-state index is 10.1. The molecule has 0 unspecified atom stereocenters. The Labute approximate surface area is 112 Å². The third-order valence-corrected chi connectivity index (χ3v) is 3.85. The standard InChI is InChI=1S/C14H31N3O/c1-11(2)9-17(16)10-14(18)13(15)8-12-6-4-3-5-7-12/h11-14,18H,3-10,15-16H2,1-2H3/t13-,14-/m0/s1. The Balaban J connectivity index is 2.24. The zero-order chi connectivity index (χ0) is 13.5. The van der Waals surface area contributed by atoms with Crippen molar-refractivity contribution < 1.29 is 5.11 Å². The third-order valence-electron chi connectivity index (χ3n) is 3.85. The van der Waals surface area contributed by atoms with E-state index in [4.69, 9.17) is 11.6 Å². The fourth-order valence-electron chi connectivity index (χ4n) is 2.88. The molecule has 2 atom stereocenters. The first kappa shape index (κ1) is 15.9. The van der Waals surface area contributed by atoms with Crippen LogP contribution < -0.4 is 11.6 Å². The minimum absolute atomic E-state index is 0.133. The maximum atomic E-state index is 10.1. The molecule has 4 nitrogen and oxygen atoms in total. The van der Waals surface area contributed by atoms with Crippen LogP contribution in [0.2, 0.25) is 0 Å². The highest BCUT2D eigenvalue weighted by Gasteiger charge is 2.22. The average Bonchev–Trinajstić information content (AvgIpc) is 2.28. The minimum atomic E-state index is -0.504. The molecule has 0 heterocycles. The van der Waals surface area contributed by atoms with Gasteiger partial charge in [-0.15, -0.1) is 0 Å². The Kier molecular flexibility index (Phi) is 7.15. The van der Waals surface area contributed by atoms with Gasteiger partial charge < -0.3 is 10.8 Å². The van der Waals surface area contributed by atoms with Gasteiger partial charge in [0.15, 0.2) is 0 Å². The van der Waals surface area contributed by atoms with Gasteiger partial charge in [0.1, 0.15) is 0 Å². The molecule has 1 aliphatic carbocycles. The molecule has 0 spiro atoms. The number of hydrogen-bond donors (Lipinski definition) is 3. The van der Waals surface area contributed by atoms with E-state index in [1.165, 1.54) is 32.1 Å². The van der Waals surface area contributed by atoms with E-state index in [1.807, 2.05) is 0 Å². The van der Waals surface area contributed by atoms with E-state index in [-0.39, 0.29) is 6.04 Å². The third kappa shape index (κ3) is 6.14. The molecule has 4 heteroatoms. The lowest BCUT2D eigenvalue weighted by molar-refractivity contribution is 0.0758. The van der Waals surface area contributed by atoms with Crippen LogP contribution in [-0.4, -0.2) is 35.4 Å². The summed E-state index contributed by atoms with van der Waals surface area (Å²) in [6.45, 7) is 5.52. The van der Waals surface area contributed by atoms with Crippen molar-refractivity contribution in [1.29, 1.82) is 0 Å². The van der Waals surface area contributed by atoms with E-state index in [0.717, 1.165) is 13.0 Å². The van der Waals surface area contributed by atoms with Crippen molar-refractivity contribution in [3.8, 4) is 0 Å². The Bertz CT molecular complexity index is 217. The highest BCUT2D eigenvalue weighted by molar-refractivity contribution is 4.79. The number of rotatable bonds is 7. The molecule has 1 fully saturated rings. The summed E-state index contributed by atoms with van der Waals surface area (Å²) < 4.78 is 0. The van der Waals surface area contributed by atoms with Gasteiger partial charge >= 0.3 is 0 Å². The van der Waals surface area contributed by atoms with E-state index in [0.29, 0.717) is 18.4 Å². The second-order valence-corrected chi connectivity index (χ2v) is 6.32. The molecule has 0 radical (unpaired) electrons.